The lowest BCUT2D eigenvalue weighted by Gasteiger charge is -2.33. The molecule has 1 N–H and O–H groups in total. The Labute approximate surface area is 154 Å². The number of anilines is 1. The molecule has 0 radical (unpaired) electrons. The number of likely N-dealkylation sites (tertiary alicyclic amines) is 1. The van der Waals surface area contributed by atoms with Crippen LogP contribution in [0.2, 0.25) is 0 Å². The average Bonchev–Trinajstić information content (AvgIpc) is 3.54. The zero-order valence-electron chi connectivity index (χ0n) is 15.2. The van der Waals surface area contributed by atoms with E-state index in [4.69, 9.17) is 4.74 Å². The molecule has 0 aromatic heterocycles. The van der Waals surface area contributed by atoms with Crippen molar-refractivity contribution in [2.24, 2.45) is 5.92 Å². The highest BCUT2D eigenvalue weighted by atomic mass is 16.5. The lowest BCUT2D eigenvalue weighted by Crippen LogP contribution is -2.46. The van der Waals surface area contributed by atoms with Crippen LogP contribution in [0.3, 0.4) is 0 Å². The number of benzene rings is 1. The Morgan fingerprint density at radius 3 is 2.19 bits per heavy atom. The number of amides is 2. The monoisotopic (exact) mass is 357 g/mol. The number of rotatable bonds is 4. The predicted octanol–water partition coefficient (Wildman–Crippen LogP) is 1.65. The molecular weight excluding hydrogens is 330 g/mol. The van der Waals surface area contributed by atoms with Gasteiger partial charge in [0.15, 0.2) is 0 Å². The maximum Gasteiger partial charge on any atom is 0.253 e. The van der Waals surface area contributed by atoms with Gasteiger partial charge in [0.2, 0.25) is 5.91 Å². The van der Waals surface area contributed by atoms with E-state index in [9.17, 15) is 9.59 Å². The Bertz CT molecular complexity index is 643. The van der Waals surface area contributed by atoms with Crippen LogP contribution in [0.4, 0.5) is 5.69 Å². The van der Waals surface area contributed by atoms with Gasteiger partial charge in [0.25, 0.3) is 5.91 Å². The molecular formula is C20H27N3O3. The number of hydrogen-bond donors (Lipinski definition) is 1. The molecule has 6 nitrogen and oxygen atoms in total. The summed E-state index contributed by atoms with van der Waals surface area (Å²) in [4.78, 5) is 28.8. The van der Waals surface area contributed by atoms with E-state index >= 15 is 0 Å². The van der Waals surface area contributed by atoms with E-state index in [1.165, 1.54) is 0 Å². The standard InChI is InChI=1S/C20H27N3O3/c24-19(15-1-2-15)21-17-7-9-23(10-8-17)20(25)16-3-5-18(6-4-16)22-11-13-26-14-12-22/h3-6,15,17H,1-2,7-14H2,(H,21,24). The van der Waals surface area contributed by atoms with Crippen molar-refractivity contribution in [2.45, 2.75) is 31.7 Å². The summed E-state index contributed by atoms with van der Waals surface area (Å²) in [6.07, 6.45) is 3.75. The van der Waals surface area contributed by atoms with Gasteiger partial charge in [-0.15, -0.1) is 0 Å². The molecule has 3 fully saturated rings. The summed E-state index contributed by atoms with van der Waals surface area (Å²) < 4.78 is 5.38. The van der Waals surface area contributed by atoms with Gasteiger partial charge in [-0.05, 0) is 49.9 Å². The number of carbonyl (C=O) groups excluding carboxylic acids is 2. The molecule has 1 aromatic carbocycles. The number of carbonyl (C=O) groups is 2. The highest BCUT2D eigenvalue weighted by Crippen LogP contribution is 2.29. The van der Waals surface area contributed by atoms with Crippen LogP contribution in [0, 0.1) is 5.92 Å². The minimum atomic E-state index is 0.0884. The SMILES string of the molecule is O=C(NC1CCN(C(=O)c2ccc(N3CCOCC3)cc2)CC1)C1CC1. The molecule has 6 heteroatoms. The molecule has 1 aromatic rings. The topological polar surface area (TPSA) is 61.9 Å². The van der Waals surface area contributed by atoms with Gasteiger partial charge in [-0.3, -0.25) is 9.59 Å². The highest BCUT2D eigenvalue weighted by Gasteiger charge is 2.32. The van der Waals surface area contributed by atoms with Gasteiger partial charge >= 0.3 is 0 Å². The van der Waals surface area contributed by atoms with Crippen LogP contribution in [0.15, 0.2) is 24.3 Å². The van der Waals surface area contributed by atoms with E-state index in [0.717, 1.165) is 63.2 Å². The van der Waals surface area contributed by atoms with Crippen molar-refractivity contribution in [1.82, 2.24) is 10.2 Å². The van der Waals surface area contributed by atoms with E-state index in [-0.39, 0.29) is 23.8 Å². The molecule has 1 aliphatic carbocycles. The van der Waals surface area contributed by atoms with Crippen LogP contribution in [0.25, 0.3) is 0 Å². The average molecular weight is 357 g/mol. The van der Waals surface area contributed by atoms with Crippen LogP contribution in [0.1, 0.15) is 36.0 Å². The lowest BCUT2D eigenvalue weighted by molar-refractivity contribution is -0.123. The maximum atomic E-state index is 12.7. The molecule has 0 atom stereocenters. The zero-order valence-corrected chi connectivity index (χ0v) is 15.2. The second-order valence-corrected chi connectivity index (χ2v) is 7.50. The van der Waals surface area contributed by atoms with E-state index in [1.807, 2.05) is 29.2 Å². The fraction of sp³-hybridized carbons (Fsp3) is 0.600. The van der Waals surface area contributed by atoms with E-state index in [2.05, 4.69) is 10.2 Å². The molecule has 3 aliphatic rings. The van der Waals surface area contributed by atoms with Crippen LogP contribution in [0.5, 0.6) is 0 Å². The molecule has 0 unspecified atom stereocenters. The third-order valence-corrected chi connectivity index (χ3v) is 5.57. The summed E-state index contributed by atoms with van der Waals surface area (Å²) in [6.45, 7) is 4.72. The number of morpholine rings is 1. The summed E-state index contributed by atoms with van der Waals surface area (Å²) >= 11 is 0. The Morgan fingerprint density at radius 1 is 0.923 bits per heavy atom. The van der Waals surface area contributed by atoms with Gasteiger partial charge in [-0.25, -0.2) is 0 Å². The molecule has 0 bridgehead atoms. The minimum absolute atomic E-state index is 0.0884. The first-order valence-corrected chi connectivity index (χ1v) is 9.73. The van der Waals surface area contributed by atoms with Crippen LogP contribution < -0.4 is 10.2 Å². The molecule has 2 amide bonds. The van der Waals surface area contributed by atoms with Crippen molar-refractivity contribution < 1.29 is 14.3 Å². The van der Waals surface area contributed by atoms with E-state index in [0.29, 0.717) is 13.1 Å². The summed E-state index contributed by atoms with van der Waals surface area (Å²) in [5, 5.41) is 3.13. The fourth-order valence-electron chi connectivity index (χ4n) is 3.71. The van der Waals surface area contributed by atoms with Crippen LogP contribution in [-0.4, -0.2) is 62.1 Å². The fourth-order valence-corrected chi connectivity index (χ4v) is 3.71. The van der Waals surface area contributed by atoms with E-state index in [1.54, 1.807) is 0 Å². The van der Waals surface area contributed by atoms with Crippen LogP contribution in [-0.2, 0) is 9.53 Å². The van der Waals surface area contributed by atoms with Gasteiger partial charge < -0.3 is 19.9 Å². The Morgan fingerprint density at radius 2 is 1.58 bits per heavy atom. The quantitative estimate of drug-likeness (QED) is 0.890. The van der Waals surface area contributed by atoms with Gasteiger partial charge in [0, 0.05) is 49.4 Å². The largest absolute Gasteiger partial charge is 0.378 e. The summed E-state index contributed by atoms with van der Waals surface area (Å²) in [5.41, 5.74) is 1.88. The van der Waals surface area contributed by atoms with Crippen molar-refractivity contribution in [1.29, 1.82) is 0 Å². The molecule has 0 spiro atoms. The number of nitrogens with one attached hydrogen (secondary N) is 1. The zero-order chi connectivity index (χ0) is 17.9. The van der Waals surface area contributed by atoms with Gasteiger partial charge in [-0.2, -0.15) is 0 Å². The first kappa shape index (κ1) is 17.3. The van der Waals surface area contributed by atoms with Crippen molar-refractivity contribution in [3.8, 4) is 0 Å². The summed E-state index contributed by atoms with van der Waals surface area (Å²) in [7, 11) is 0. The molecule has 140 valence electrons. The first-order chi connectivity index (χ1) is 12.7. The Balaban J connectivity index is 1.29. The van der Waals surface area contributed by atoms with Gasteiger partial charge in [-0.1, -0.05) is 0 Å². The number of piperidine rings is 1. The highest BCUT2D eigenvalue weighted by molar-refractivity contribution is 5.94. The normalized spacial score (nSPS) is 21.5. The predicted molar refractivity (Wildman–Crippen MR) is 99.3 cm³/mol. The molecule has 1 saturated carbocycles. The van der Waals surface area contributed by atoms with Crippen molar-refractivity contribution >= 4 is 17.5 Å². The Hall–Kier alpha value is -2.08. The summed E-state index contributed by atoms with van der Waals surface area (Å²) in [6, 6.07) is 8.13. The minimum Gasteiger partial charge on any atom is -0.378 e. The van der Waals surface area contributed by atoms with E-state index < -0.39 is 0 Å². The van der Waals surface area contributed by atoms with Crippen LogP contribution >= 0.6 is 0 Å². The Kier molecular flexibility index (Phi) is 5.11. The number of nitrogens with zero attached hydrogens (tertiary/aromatic N) is 2. The second kappa shape index (κ2) is 7.66. The smallest absolute Gasteiger partial charge is 0.253 e. The maximum absolute atomic E-state index is 12.7. The molecule has 26 heavy (non-hydrogen) atoms. The second-order valence-electron chi connectivity index (χ2n) is 7.50. The third-order valence-electron chi connectivity index (χ3n) is 5.57. The number of ether oxygens (including phenoxy) is 1. The molecule has 2 heterocycles. The molecule has 2 saturated heterocycles. The third kappa shape index (κ3) is 4.01. The van der Waals surface area contributed by atoms with Crippen molar-refractivity contribution in [3.63, 3.8) is 0 Å². The van der Waals surface area contributed by atoms with Gasteiger partial charge in [0.1, 0.15) is 0 Å². The molecule has 2 aliphatic heterocycles. The molecule has 4 rings (SSSR count). The van der Waals surface area contributed by atoms with Crippen molar-refractivity contribution in [2.75, 3.05) is 44.3 Å². The summed E-state index contributed by atoms with van der Waals surface area (Å²) in [5.74, 6) is 0.540. The number of hydrogen-bond acceptors (Lipinski definition) is 4. The first-order valence-electron chi connectivity index (χ1n) is 9.73. The van der Waals surface area contributed by atoms with Gasteiger partial charge in [0.05, 0.1) is 13.2 Å². The lowest BCUT2D eigenvalue weighted by atomic mass is 10.0. The van der Waals surface area contributed by atoms with Crippen molar-refractivity contribution in [3.05, 3.63) is 29.8 Å².